The van der Waals surface area contributed by atoms with Crippen molar-refractivity contribution in [1.82, 2.24) is 9.80 Å². The van der Waals surface area contributed by atoms with Gasteiger partial charge in [-0.2, -0.15) is 0 Å². The molecule has 1 aromatic heterocycles. The lowest BCUT2D eigenvalue weighted by Crippen LogP contribution is -2.45. The van der Waals surface area contributed by atoms with E-state index in [9.17, 15) is 19.7 Å². The first kappa shape index (κ1) is 26.2. The molecule has 2 aliphatic rings. The summed E-state index contributed by atoms with van der Waals surface area (Å²) < 4.78 is 22.4. The number of fused-ring (bicyclic) bond motifs is 1. The number of amides is 2. The standard InChI is InChI=1S/C28H29N3O8/c1-19-4-10-24(39-19)16-29(14-20-5-11-25-26(13-20)38-18-37-25)27(32)17-30(15-23-3-2-12-36-23)28(33)21-6-8-22(9-7-21)31(34)35/h4-11,13,23H,2-3,12,14-18H2,1H3. The lowest BCUT2D eigenvalue weighted by Gasteiger charge is -2.29. The number of hydrogen-bond donors (Lipinski definition) is 0. The average Bonchev–Trinajstić information content (AvgIpc) is 3.70. The second kappa shape index (κ2) is 11.6. The molecule has 5 rings (SSSR count). The highest BCUT2D eigenvalue weighted by Gasteiger charge is 2.28. The zero-order valence-corrected chi connectivity index (χ0v) is 21.5. The lowest BCUT2D eigenvalue weighted by molar-refractivity contribution is -0.384. The molecule has 0 bridgehead atoms. The number of aryl methyl sites for hydroxylation is 1. The normalized spacial score (nSPS) is 15.8. The van der Waals surface area contributed by atoms with Crippen LogP contribution in [0.3, 0.4) is 0 Å². The van der Waals surface area contributed by atoms with E-state index in [0.29, 0.717) is 23.9 Å². The van der Waals surface area contributed by atoms with Crippen molar-refractivity contribution in [2.24, 2.45) is 0 Å². The van der Waals surface area contributed by atoms with Gasteiger partial charge in [-0.3, -0.25) is 19.7 Å². The maximum atomic E-state index is 13.8. The molecular formula is C28H29N3O8. The van der Waals surface area contributed by atoms with Crippen LogP contribution in [-0.2, 0) is 22.6 Å². The second-order valence-corrected chi connectivity index (χ2v) is 9.57. The Labute approximate surface area is 225 Å². The van der Waals surface area contributed by atoms with E-state index in [-0.39, 0.29) is 56.2 Å². The summed E-state index contributed by atoms with van der Waals surface area (Å²) in [5, 5.41) is 11.1. The molecular weight excluding hydrogens is 506 g/mol. The van der Waals surface area contributed by atoms with Crippen LogP contribution in [0.5, 0.6) is 11.5 Å². The summed E-state index contributed by atoms with van der Waals surface area (Å²) in [4.78, 5) is 40.9. The summed E-state index contributed by atoms with van der Waals surface area (Å²) in [5.74, 6) is 1.93. The Morgan fingerprint density at radius 2 is 1.79 bits per heavy atom. The van der Waals surface area contributed by atoms with E-state index in [0.717, 1.165) is 24.2 Å². The first-order valence-electron chi connectivity index (χ1n) is 12.7. The molecule has 2 aliphatic heterocycles. The topological polar surface area (TPSA) is 125 Å². The molecule has 1 unspecified atom stereocenters. The summed E-state index contributed by atoms with van der Waals surface area (Å²) in [6, 6.07) is 14.5. The predicted molar refractivity (Wildman–Crippen MR) is 138 cm³/mol. The highest BCUT2D eigenvalue weighted by atomic mass is 16.7. The molecule has 11 heteroatoms. The number of carbonyl (C=O) groups is 2. The van der Waals surface area contributed by atoms with Gasteiger partial charge in [0.2, 0.25) is 12.7 Å². The first-order chi connectivity index (χ1) is 18.9. The van der Waals surface area contributed by atoms with Crippen molar-refractivity contribution in [2.45, 2.75) is 39.0 Å². The fourth-order valence-corrected chi connectivity index (χ4v) is 4.68. The first-order valence-corrected chi connectivity index (χ1v) is 12.7. The Hall–Kier alpha value is -4.38. The number of non-ortho nitro benzene ring substituents is 1. The number of carbonyl (C=O) groups excluding carboxylic acids is 2. The summed E-state index contributed by atoms with van der Waals surface area (Å²) >= 11 is 0. The summed E-state index contributed by atoms with van der Waals surface area (Å²) in [6.07, 6.45) is 1.48. The van der Waals surface area contributed by atoms with E-state index in [1.807, 2.05) is 31.2 Å². The van der Waals surface area contributed by atoms with Crippen LogP contribution in [0.4, 0.5) is 5.69 Å². The fraction of sp³-hybridized carbons (Fsp3) is 0.357. The quantitative estimate of drug-likeness (QED) is 0.281. The van der Waals surface area contributed by atoms with Crippen LogP contribution in [0.2, 0.25) is 0 Å². The fourth-order valence-electron chi connectivity index (χ4n) is 4.68. The highest BCUT2D eigenvalue weighted by Crippen LogP contribution is 2.33. The molecule has 11 nitrogen and oxygen atoms in total. The average molecular weight is 536 g/mol. The van der Waals surface area contributed by atoms with Gasteiger partial charge in [0.25, 0.3) is 11.6 Å². The Bertz CT molecular complexity index is 1350. The van der Waals surface area contributed by atoms with Crippen molar-refractivity contribution in [2.75, 3.05) is 26.5 Å². The van der Waals surface area contributed by atoms with E-state index in [1.165, 1.54) is 29.2 Å². The van der Waals surface area contributed by atoms with Crippen LogP contribution in [-0.4, -0.2) is 59.1 Å². The number of nitro groups is 1. The molecule has 1 fully saturated rings. The Balaban J connectivity index is 1.37. The van der Waals surface area contributed by atoms with Crippen molar-refractivity contribution in [3.63, 3.8) is 0 Å². The highest BCUT2D eigenvalue weighted by molar-refractivity contribution is 5.96. The Kier molecular flexibility index (Phi) is 7.78. The van der Waals surface area contributed by atoms with Crippen molar-refractivity contribution >= 4 is 17.5 Å². The Morgan fingerprint density at radius 3 is 2.49 bits per heavy atom. The minimum atomic E-state index is -0.522. The lowest BCUT2D eigenvalue weighted by atomic mass is 10.1. The van der Waals surface area contributed by atoms with Gasteiger partial charge < -0.3 is 28.4 Å². The smallest absolute Gasteiger partial charge is 0.269 e. The molecule has 0 radical (unpaired) electrons. The molecule has 39 heavy (non-hydrogen) atoms. The maximum Gasteiger partial charge on any atom is 0.269 e. The minimum absolute atomic E-state index is 0.114. The molecule has 0 saturated carbocycles. The van der Waals surface area contributed by atoms with Gasteiger partial charge >= 0.3 is 0 Å². The van der Waals surface area contributed by atoms with E-state index in [2.05, 4.69) is 0 Å². The molecule has 0 N–H and O–H groups in total. The van der Waals surface area contributed by atoms with Crippen molar-refractivity contribution < 1.29 is 33.1 Å². The number of nitro benzene ring substituents is 1. The van der Waals surface area contributed by atoms with Gasteiger partial charge in [-0.15, -0.1) is 0 Å². The van der Waals surface area contributed by atoms with Crippen LogP contribution in [0.15, 0.2) is 59.0 Å². The van der Waals surface area contributed by atoms with Gasteiger partial charge in [0, 0.05) is 37.4 Å². The van der Waals surface area contributed by atoms with Crippen LogP contribution < -0.4 is 9.47 Å². The number of benzene rings is 2. The maximum absolute atomic E-state index is 13.8. The molecule has 2 aromatic carbocycles. The molecule has 3 aromatic rings. The number of rotatable bonds is 10. The third kappa shape index (κ3) is 6.37. The zero-order valence-electron chi connectivity index (χ0n) is 21.5. The van der Waals surface area contributed by atoms with E-state index in [1.54, 1.807) is 11.0 Å². The number of furan rings is 1. The van der Waals surface area contributed by atoms with Crippen LogP contribution in [0, 0.1) is 17.0 Å². The van der Waals surface area contributed by atoms with Crippen LogP contribution in [0.25, 0.3) is 0 Å². The SMILES string of the molecule is Cc1ccc(CN(Cc2ccc3c(c2)OCO3)C(=O)CN(CC2CCCO2)C(=O)c2ccc([N+](=O)[O-])cc2)o1. The molecule has 0 spiro atoms. The van der Waals surface area contributed by atoms with Crippen molar-refractivity contribution in [1.29, 1.82) is 0 Å². The number of hydrogen-bond acceptors (Lipinski definition) is 8. The number of ether oxygens (including phenoxy) is 3. The molecule has 3 heterocycles. The Morgan fingerprint density at radius 1 is 1.00 bits per heavy atom. The zero-order chi connectivity index (χ0) is 27.4. The second-order valence-electron chi connectivity index (χ2n) is 9.57. The van der Waals surface area contributed by atoms with Crippen molar-refractivity contribution in [3.8, 4) is 11.5 Å². The van der Waals surface area contributed by atoms with Gasteiger partial charge in [0.05, 0.1) is 17.6 Å². The summed E-state index contributed by atoms with van der Waals surface area (Å²) in [6.45, 7) is 3.09. The monoisotopic (exact) mass is 535 g/mol. The molecule has 2 amide bonds. The third-order valence-corrected chi connectivity index (χ3v) is 6.69. The summed E-state index contributed by atoms with van der Waals surface area (Å²) in [7, 11) is 0. The van der Waals surface area contributed by atoms with Gasteiger partial charge in [0.15, 0.2) is 11.5 Å². The largest absolute Gasteiger partial charge is 0.464 e. The third-order valence-electron chi connectivity index (χ3n) is 6.69. The van der Waals surface area contributed by atoms with E-state index in [4.69, 9.17) is 18.6 Å². The van der Waals surface area contributed by atoms with Gasteiger partial charge in [-0.1, -0.05) is 6.07 Å². The number of nitrogens with zero attached hydrogens (tertiary/aromatic N) is 3. The van der Waals surface area contributed by atoms with Gasteiger partial charge in [-0.05, 0) is 61.7 Å². The molecule has 1 saturated heterocycles. The molecule has 1 atom stereocenters. The molecule has 0 aliphatic carbocycles. The van der Waals surface area contributed by atoms with Crippen LogP contribution in [0.1, 0.15) is 40.3 Å². The summed E-state index contributed by atoms with van der Waals surface area (Å²) in [5.41, 5.74) is 0.982. The van der Waals surface area contributed by atoms with Gasteiger partial charge in [0.1, 0.15) is 18.1 Å². The van der Waals surface area contributed by atoms with Crippen LogP contribution >= 0.6 is 0 Å². The molecule has 204 valence electrons. The van der Waals surface area contributed by atoms with E-state index >= 15 is 0 Å². The predicted octanol–water partition coefficient (Wildman–Crippen LogP) is 4.08. The van der Waals surface area contributed by atoms with E-state index < -0.39 is 10.8 Å². The minimum Gasteiger partial charge on any atom is -0.464 e. The van der Waals surface area contributed by atoms with Crippen molar-refractivity contribution in [3.05, 3.63) is 87.4 Å². The van der Waals surface area contributed by atoms with Gasteiger partial charge in [-0.25, -0.2) is 0 Å².